The number of nitrogens with one attached hydrogen (secondary N) is 1. The van der Waals surface area contributed by atoms with Gasteiger partial charge in [0.05, 0.1) is 0 Å². The summed E-state index contributed by atoms with van der Waals surface area (Å²) >= 11 is 0. The van der Waals surface area contributed by atoms with Gasteiger partial charge in [-0.3, -0.25) is 5.41 Å². The fraction of sp³-hybridized carbons (Fsp3) is 0.200. The maximum absolute atomic E-state index is 6.72. The summed E-state index contributed by atoms with van der Waals surface area (Å²) in [6.45, 7) is 3.50. The minimum Gasteiger partial charge on any atom is -0.384 e. The number of amidine groups is 1. The third-order valence-corrected chi connectivity index (χ3v) is 0.509. The van der Waals surface area contributed by atoms with Crippen LogP contribution in [0.5, 0.6) is 0 Å². The molecule has 0 rings (SSSR count). The van der Waals surface area contributed by atoms with E-state index in [2.05, 4.69) is 6.72 Å². The molecule has 0 amide bonds. The zero-order valence-electron chi connectivity index (χ0n) is 4.89. The number of rotatable bonds is 2. The normalized spacial score (nSPS) is 9.62. The van der Waals surface area contributed by atoms with Gasteiger partial charge in [0.25, 0.3) is 0 Å². The maximum atomic E-state index is 6.72. The van der Waals surface area contributed by atoms with Crippen LogP contribution in [0.2, 0.25) is 0 Å². The molecular weight excluding hydrogens is 102 g/mol. The molecule has 0 aromatic heterocycles. The smallest absolute Gasteiger partial charge is 0.171 e. The average molecular weight is 112 g/mol. The summed E-state index contributed by atoms with van der Waals surface area (Å²) in [7, 11) is 1.76. The van der Waals surface area contributed by atoms with Gasteiger partial charge in [-0.2, -0.15) is 0 Å². The summed E-state index contributed by atoms with van der Waals surface area (Å²) in [6, 6.07) is 0. The minimum absolute atomic E-state index is 0.0421. The topological polar surface area (TPSA) is 52.9 Å². The van der Waals surface area contributed by atoms with Crippen LogP contribution in [-0.2, 0) is 0 Å². The van der Waals surface area contributed by atoms with Crippen molar-refractivity contribution in [3.8, 4) is 0 Å². The van der Waals surface area contributed by atoms with Gasteiger partial charge in [-0.15, -0.1) is 0 Å². The van der Waals surface area contributed by atoms with Gasteiger partial charge in [0, 0.05) is 6.08 Å². The molecule has 3 heteroatoms. The van der Waals surface area contributed by atoms with Crippen LogP contribution in [0.3, 0.4) is 0 Å². The standard InChI is InChI=1S/C5H10N3/c1-8(2)4-3-5(6)7/h3-4H,1H2,2H3,(H3,6,7)/q+1/b4-3-. The Labute approximate surface area is 48.6 Å². The summed E-state index contributed by atoms with van der Waals surface area (Å²) in [5.74, 6) is 0.0421. The maximum Gasteiger partial charge on any atom is 0.171 e. The predicted molar refractivity (Wildman–Crippen MR) is 34.4 cm³/mol. The van der Waals surface area contributed by atoms with E-state index < -0.39 is 0 Å². The molecule has 0 aliphatic heterocycles. The van der Waals surface area contributed by atoms with Crippen LogP contribution in [0.1, 0.15) is 0 Å². The van der Waals surface area contributed by atoms with Crippen molar-refractivity contribution in [3.05, 3.63) is 12.3 Å². The van der Waals surface area contributed by atoms with E-state index in [1.807, 2.05) is 0 Å². The Morgan fingerprint density at radius 2 is 2.38 bits per heavy atom. The SMILES string of the molecule is C=[N+](C)/C=C\C(=N)N. The van der Waals surface area contributed by atoms with Crippen molar-refractivity contribution in [1.29, 1.82) is 5.41 Å². The summed E-state index contributed by atoms with van der Waals surface area (Å²) in [6.07, 6.45) is 3.08. The van der Waals surface area contributed by atoms with Crippen molar-refractivity contribution in [1.82, 2.24) is 0 Å². The molecule has 0 saturated carbocycles. The molecule has 3 nitrogen and oxygen atoms in total. The third kappa shape index (κ3) is 4.88. The van der Waals surface area contributed by atoms with Crippen molar-refractivity contribution in [3.63, 3.8) is 0 Å². The molecule has 3 N–H and O–H groups in total. The van der Waals surface area contributed by atoms with Crippen LogP contribution < -0.4 is 5.73 Å². The average Bonchev–Trinajstić information content (AvgIpc) is 1.61. The quantitative estimate of drug-likeness (QED) is 0.289. The second-order valence-electron chi connectivity index (χ2n) is 1.53. The lowest BCUT2D eigenvalue weighted by atomic mass is 10.6. The first-order valence-electron chi connectivity index (χ1n) is 2.18. The van der Waals surface area contributed by atoms with Gasteiger partial charge in [0.1, 0.15) is 19.6 Å². The molecule has 0 saturated heterocycles. The van der Waals surface area contributed by atoms with E-state index in [4.69, 9.17) is 11.1 Å². The molecule has 0 bridgehead atoms. The lowest BCUT2D eigenvalue weighted by Gasteiger charge is -1.79. The lowest BCUT2D eigenvalue weighted by molar-refractivity contribution is -0.411. The van der Waals surface area contributed by atoms with Gasteiger partial charge in [-0.1, -0.05) is 0 Å². The highest BCUT2D eigenvalue weighted by atomic mass is 14.9. The Bertz CT molecular complexity index is 119. The Kier molecular flexibility index (Phi) is 2.54. The van der Waals surface area contributed by atoms with Crippen LogP contribution in [0, 0.1) is 5.41 Å². The molecule has 0 aliphatic rings. The van der Waals surface area contributed by atoms with Crippen LogP contribution in [-0.4, -0.2) is 24.2 Å². The molecule has 0 radical (unpaired) electrons. The molecule has 0 aromatic rings. The summed E-state index contributed by atoms with van der Waals surface area (Å²) in [5, 5.41) is 6.72. The third-order valence-electron chi connectivity index (χ3n) is 0.509. The highest BCUT2D eigenvalue weighted by Gasteiger charge is 1.79. The van der Waals surface area contributed by atoms with Gasteiger partial charge in [-0.05, 0) is 0 Å². The number of hydrogen-bond donors (Lipinski definition) is 2. The second kappa shape index (κ2) is 2.96. The number of nitrogens with two attached hydrogens (primary N) is 1. The van der Waals surface area contributed by atoms with E-state index >= 15 is 0 Å². The van der Waals surface area contributed by atoms with E-state index in [9.17, 15) is 0 Å². The summed E-state index contributed by atoms with van der Waals surface area (Å²) in [4.78, 5) is 0. The zero-order chi connectivity index (χ0) is 6.57. The highest BCUT2D eigenvalue weighted by molar-refractivity contribution is 5.88. The molecule has 0 heterocycles. The molecule has 44 valence electrons. The largest absolute Gasteiger partial charge is 0.384 e. The van der Waals surface area contributed by atoms with E-state index in [0.29, 0.717) is 0 Å². The predicted octanol–water partition coefficient (Wildman–Crippen LogP) is -0.221. The Balaban J connectivity index is 3.67. The Hall–Kier alpha value is -1.12. The van der Waals surface area contributed by atoms with Gasteiger partial charge < -0.3 is 5.73 Å². The zero-order valence-corrected chi connectivity index (χ0v) is 4.89. The second-order valence-corrected chi connectivity index (χ2v) is 1.53. The van der Waals surface area contributed by atoms with Crippen molar-refractivity contribution in [2.45, 2.75) is 0 Å². The molecule has 0 atom stereocenters. The van der Waals surface area contributed by atoms with E-state index in [1.54, 1.807) is 17.8 Å². The molecule has 0 unspecified atom stereocenters. The van der Waals surface area contributed by atoms with E-state index in [0.717, 1.165) is 0 Å². The molecule has 0 aromatic carbocycles. The van der Waals surface area contributed by atoms with Crippen LogP contribution in [0.25, 0.3) is 0 Å². The van der Waals surface area contributed by atoms with Crippen molar-refractivity contribution in [2.24, 2.45) is 5.73 Å². The first kappa shape index (κ1) is 6.88. The lowest BCUT2D eigenvalue weighted by Crippen LogP contribution is -2.05. The first-order valence-corrected chi connectivity index (χ1v) is 2.18. The van der Waals surface area contributed by atoms with Crippen molar-refractivity contribution < 1.29 is 4.58 Å². The van der Waals surface area contributed by atoms with Gasteiger partial charge in [-0.25, -0.2) is 4.58 Å². The fourth-order valence-electron chi connectivity index (χ4n) is 0.208. The van der Waals surface area contributed by atoms with E-state index in [1.165, 1.54) is 6.08 Å². The number of nitrogens with zero attached hydrogens (tertiary/aromatic N) is 1. The van der Waals surface area contributed by atoms with Crippen LogP contribution >= 0.6 is 0 Å². The molecule has 8 heavy (non-hydrogen) atoms. The van der Waals surface area contributed by atoms with Gasteiger partial charge in [0.15, 0.2) is 6.20 Å². The van der Waals surface area contributed by atoms with Gasteiger partial charge in [0.2, 0.25) is 0 Å². The molecule has 0 fully saturated rings. The highest BCUT2D eigenvalue weighted by Crippen LogP contribution is 1.67. The van der Waals surface area contributed by atoms with Gasteiger partial charge >= 0.3 is 0 Å². The minimum atomic E-state index is 0.0421. The monoisotopic (exact) mass is 112 g/mol. The molecule has 0 spiro atoms. The molecular formula is C5H10N3+. The van der Waals surface area contributed by atoms with Crippen LogP contribution in [0.4, 0.5) is 0 Å². The summed E-state index contributed by atoms with van der Waals surface area (Å²) in [5.41, 5.74) is 4.98. The summed E-state index contributed by atoms with van der Waals surface area (Å²) < 4.78 is 1.57. The first-order chi connectivity index (χ1) is 3.63. The molecule has 0 aliphatic carbocycles. The Morgan fingerprint density at radius 3 is 2.50 bits per heavy atom. The van der Waals surface area contributed by atoms with Crippen molar-refractivity contribution >= 4 is 12.6 Å². The van der Waals surface area contributed by atoms with E-state index in [-0.39, 0.29) is 5.84 Å². The Morgan fingerprint density at radius 1 is 1.88 bits per heavy atom. The van der Waals surface area contributed by atoms with Crippen LogP contribution in [0.15, 0.2) is 12.3 Å². The fourth-order valence-corrected chi connectivity index (χ4v) is 0.208. The number of hydrogen-bond acceptors (Lipinski definition) is 1. The van der Waals surface area contributed by atoms with Crippen molar-refractivity contribution in [2.75, 3.05) is 7.05 Å².